The number of hydrogen-bond donors (Lipinski definition) is 2. The summed E-state index contributed by atoms with van der Waals surface area (Å²) in [5, 5.41) is 16.3. The fourth-order valence-electron chi connectivity index (χ4n) is 2.80. The maximum absolute atomic E-state index is 12.5. The number of β-amino-alcohol motifs (C(OH)–C–C–N with tert-alkyl or cyclic N) is 1. The van der Waals surface area contributed by atoms with Gasteiger partial charge in [0, 0.05) is 18.4 Å². The zero-order valence-corrected chi connectivity index (χ0v) is 16.3. The highest BCUT2D eigenvalue weighted by Crippen LogP contribution is 2.23. The number of rotatable bonds is 7. The van der Waals surface area contributed by atoms with Crippen LogP contribution in [0.1, 0.15) is 5.56 Å². The van der Waals surface area contributed by atoms with Gasteiger partial charge in [0.2, 0.25) is 0 Å². The average Bonchev–Trinajstić information content (AvgIpc) is 3.21. The van der Waals surface area contributed by atoms with Crippen molar-refractivity contribution in [3.8, 4) is 0 Å². The zero-order valence-electron chi connectivity index (χ0n) is 14.7. The van der Waals surface area contributed by atoms with Gasteiger partial charge in [0.15, 0.2) is 0 Å². The monoisotopic (exact) mass is 434 g/mol. The molecule has 0 saturated heterocycles. The molecule has 0 spiro atoms. The van der Waals surface area contributed by atoms with Crippen molar-refractivity contribution in [2.24, 2.45) is 0 Å². The number of nitrogens with zero attached hydrogens (tertiary/aromatic N) is 3. The van der Waals surface area contributed by atoms with Crippen molar-refractivity contribution in [1.82, 2.24) is 14.7 Å². The van der Waals surface area contributed by atoms with Crippen LogP contribution in [0, 0.1) is 0 Å². The molecule has 9 heteroatoms. The van der Waals surface area contributed by atoms with Crippen molar-refractivity contribution < 1.29 is 19.4 Å². The Morgan fingerprint density at radius 1 is 1.37 bits per heavy atom. The number of methoxy groups -OCH3 is 1. The van der Waals surface area contributed by atoms with Crippen LogP contribution in [0.2, 0.25) is 0 Å². The molecule has 0 aliphatic carbocycles. The number of benzene rings is 1. The number of aliphatic hydroxyl groups excluding tert-OH is 1. The number of amides is 1. The molecule has 2 aromatic rings. The van der Waals surface area contributed by atoms with Crippen LogP contribution in [0.3, 0.4) is 0 Å². The predicted octanol–water partition coefficient (Wildman–Crippen LogP) is 1.37. The molecule has 27 heavy (non-hydrogen) atoms. The van der Waals surface area contributed by atoms with E-state index in [0.29, 0.717) is 12.2 Å². The molecule has 0 radical (unpaired) electrons. The van der Waals surface area contributed by atoms with Crippen LogP contribution in [0.15, 0.2) is 52.4 Å². The Hall–Kier alpha value is -2.65. The van der Waals surface area contributed by atoms with E-state index in [1.165, 1.54) is 12.0 Å². The first-order chi connectivity index (χ1) is 13.0. The summed E-state index contributed by atoms with van der Waals surface area (Å²) in [7, 11) is 1.27. The number of ether oxygens (including phenoxy) is 1. The normalized spacial score (nSPS) is 14.0. The third kappa shape index (κ3) is 4.37. The van der Waals surface area contributed by atoms with Gasteiger partial charge in [-0.15, -0.1) is 0 Å². The molecule has 0 bridgehead atoms. The van der Waals surface area contributed by atoms with Gasteiger partial charge in [0.05, 0.1) is 43.0 Å². The average molecular weight is 435 g/mol. The summed E-state index contributed by atoms with van der Waals surface area (Å²) < 4.78 is 7.49. The summed E-state index contributed by atoms with van der Waals surface area (Å²) in [5.74, 6) is -0.901. The van der Waals surface area contributed by atoms with Crippen molar-refractivity contribution in [1.29, 1.82) is 0 Å². The molecule has 1 aromatic heterocycles. The molecule has 0 unspecified atom stereocenters. The highest BCUT2D eigenvalue weighted by atomic mass is 79.9. The van der Waals surface area contributed by atoms with Gasteiger partial charge in [-0.05, 0) is 33.6 Å². The Labute approximate surface area is 164 Å². The summed E-state index contributed by atoms with van der Waals surface area (Å²) in [6.45, 7) is 0.709. The third-order valence-corrected chi connectivity index (χ3v) is 4.53. The standard InChI is InChI=1S/C18H19BrN4O4/c1-27-18(26)15-11-22(6-7-24)17(25)16(15)21-14-4-2-12(3-5-14)9-23-10-13(19)8-20-23/h2-5,8,10,21,24H,6-7,9,11H2,1H3. The highest BCUT2D eigenvalue weighted by molar-refractivity contribution is 9.10. The lowest BCUT2D eigenvalue weighted by atomic mass is 10.2. The minimum Gasteiger partial charge on any atom is -0.466 e. The number of anilines is 1. The third-order valence-electron chi connectivity index (χ3n) is 4.12. The predicted molar refractivity (Wildman–Crippen MR) is 102 cm³/mol. The van der Waals surface area contributed by atoms with Gasteiger partial charge >= 0.3 is 5.97 Å². The lowest BCUT2D eigenvalue weighted by Gasteiger charge is -2.15. The Morgan fingerprint density at radius 3 is 2.70 bits per heavy atom. The van der Waals surface area contributed by atoms with Gasteiger partial charge < -0.3 is 20.1 Å². The van der Waals surface area contributed by atoms with Crippen LogP contribution < -0.4 is 5.32 Å². The summed E-state index contributed by atoms with van der Waals surface area (Å²) >= 11 is 3.36. The summed E-state index contributed by atoms with van der Waals surface area (Å²) in [6, 6.07) is 7.50. The van der Waals surface area contributed by atoms with Crippen molar-refractivity contribution >= 4 is 33.5 Å². The van der Waals surface area contributed by atoms with E-state index in [9.17, 15) is 9.59 Å². The van der Waals surface area contributed by atoms with Gasteiger partial charge in [0.1, 0.15) is 5.70 Å². The van der Waals surface area contributed by atoms with Gasteiger partial charge in [-0.3, -0.25) is 9.48 Å². The van der Waals surface area contributed by atoms with Gasteiger partial charge in [-0.1, -0.05) is 12.1 Å². The zero-order chi connectivity index (χ0) is 19.4. The molecule has 0 saturated carbocycles. The molecule has 1 aliphatic heterocycles. The number of carbonyl (C=O) groups excluding carboxylic acids is 2. The smallest absolute Gasteiger partial charge is 0.337 e. The van der Waals surface area contributed by atoms with Crippen molar-refractivity contribution in [2.45, 2.75) is 6.54 Å². The Morgan fingerprint density at radius 2 is 2.11 bits per heavy atom. The van der Waals surface area contributed by atoms with Crippen molar-refractivity contribution in [2.75, 3.05) is 32.1 Å². The van der Waals surface area contributed by atoms with Crippen molar-refractivity contribution in [3.63, 3.8) is 0 Å². The van der Waals surface area contributed by atoms with Crippen LogP contribution >= 0.6 is 15.9 Å². The first-order valence-electron chi connectivity index (χ1n) is 8.27. The molecule has 1 amide bonds. The van der Waals surface area contributed by atoms with E-state index in [2.05, 4.69) is 26.3 Å². The lowest BCUT2D eigenvalue weighted by Crippen LogP contribution is -2.31. The number of carbonyl (C=O) groups is 2. The van der Waals surface area contributed by atoms with E-state index in [1.54, 1.807) is 10.9 Å². The van der Waals surface area contributed by atoms with E-state index in [-0.39, 0.29) is 36.9 Å². The molecule has 2 heterocycles. The van der Waals surface area contributed by atoms with Crippen LogP contribution in [0.25, 0.3) is 0 Å². The second kappa shape index (κ2) is 8.36. The first-order valence-corrected chi connectivity index (χ1v) is 9.06. The fourth-order valence-corrected chi connectivity index (χ4v) is 3.13. The molecule has 0 fully saturated rings. The van der Waals surface area contributed by atoms with Gasteiger partial charge in [-0.2, -0.15) is 5.10 Å². The topological polar surface area (TPSA) is 96.7 Å². The number of aromatic nitrogens is 2. The summed E-state index contributed by atoms with van der Waals surface area (Å²) in [5.41, 5.74) is 2.15. The van der Waals surface area contributed by atoms with Gasteiger partial charge in [0.25, 0.3) is 5.91 Å². The maximum atomic E-state index is 12.5. The van der Waals surface area contributed by atoms with Crippen LogP contribution in [0.4, 0.5) is 5.69 Å². The Bertz CT molecular complexity index is 876. The Balaban J connectivity index is 1.75. The van der Waals surface area contributed by atoms with Crippen LogP contribution in [-0.4, -0.2) is 58.5 Å². The molecule has 142 valence electrons. The fraction of sp³-hybridized carbons (Fsp3) is 0.278. The number of hydrogen-bond acceptors (Lipinski definition) is 6. The van der Waals surface area contributed by atoms with E-state index in [4.69, 9.17) is 9.84 Å². The van der Waals surface area contributed by atoms with E-state index in [0.717, 1.165) is 10.0 Å². The molecule has 0 atom stereocenters. The molecule has 1 aromatic carbocycles. The first kappa shape index (κ1) is 19.1. The van der Waals surface area contributed by atoms with Crippen LogP contribution in [-0.2, 0) is 20.9 Å². The second-order valence-electron chi connectivity index (χ2n) is 5.97. The molecular formula is C18H19BrN4O4. The van der Waals surface area contributed by atoms with E-state index >= 15 is 0 Å². The molecule has 3 rings (SSSR count). The number of esters is 1. The maximum Gasteiger partial charge on any atom is 0.337 e. The van der Waals surface area contributed by atoms with E-state index in [1.807, 2.05) is 30.5 Å². The second-order valence-corrected chi connectivity index (χ2v) is 6.89. The number of halogens is 1. The molecule has 8 nitrogen and oxygen atoms in total. The van der Waals surface area contributed by atoms with Crippen molar-refractivity contribution in [3.05, 3.63) is 58.0 Å². The Kier molecular flexibility index (Phi) is 5.92. The number of aliphatic hydroxyl groups is 1. The lowest BCUT2D eigenvalue weighted by molar-refractivity contribution is -0.136. The quantitative estimate of drug-likeness (QED) is 0.638. The SMILES string of the molecule is COC(=O)C1=C(Nc2ccc(Cn3cc(Br)cn3)cc2)C(=O)N(CCO)C1. The summed E-state index contributed by atoms with van der Waals surface area (Å²) in [6.07, 6.45) is 3.60. The minimum absolute atomic E-state index is 0.112. The minimum atomic E-state index is -0.563. The van der Waals surface area contributed by atoms with Crippen LogP contribution in [0.5, 0.6) is 0 Å². The van der Waals surface area contributed by atoms with Gasteiger partial charge in [-0.25, -0.2) is 4.79 Å². The highest BCUT2D eigenvalue weighted by Gasteiger charge is 2.34. The summed E-state index contributed by atoms with van der Waals surface area (Å²) in [4.78, 5) is 25.9. The van der Waals surface area contributed by atoms with E-state index < -0.39 is 5.97 Å². The molecule has 2 N–H and O–H groups in total. The largest absolute Gasteiger partial charge is 0.466 e. The molecular weight excluding hydrogens is 416 g/mol. The molecule has 1 aliphatic rings. The number of nitrogens with one attached hydrogen (secondary N) is 1.